The first-order chi connectivity index (χ1) is 8.80. The Morgan fingerprint density at radius 2 is 1.55 bits per heavy atom. The van der Waals surface area contributed by atoms with Crippen LogP contribution >= 0.6 is 12.4 Å². The monoisotopic (exact) mass is 325 g/mol. The van der Waals surface area contributed by atoms with Crippen LogP contribution in [-0.4, -0.2) is 49.2 Å². The molecule has 2 N–H and O–H groups in total. The molecule has 5 nitrogen and oxygen atoms in total. The molecule has 2 heterocycles. The van der Waals surface area contributed by atoms with Gasteiger partial charge < -0.3 is 5.73 Å². The van der Waals surface area contributed by atoms with Gasteiger partial charge in [0.05, 0.1) is 0 Å². The topological polar surface area (TPSA) is 66.6 Å². The molecule has 120 valence electrons. The van der Waals surface area contributed by atoms with Crippen molar-refractivity contribution in [2.24, 2.45) is 23.5 Å². The summed E-state index contributed by atoms with van der Waals surface area (Å²) in [4.78, 5) is 0. The Morgan fingerprint density at radius 1 is 1.00 bits per heavy atom. The second-order valence-electron chi connectivity index (χ2n) is 6.56. The summed E-state index contributed by atoms with van der Waals surface area (Å²) >= 11 is 0. The number of piperidine rings is 2. The third-order valence-corrected chi connectivity index (χ3v) is 6.36. The lowest BCUT2D eigenvalue weighted by Gasteiger charge is -2.40. The third-order valence-electron chi connectivity index (χ3n) is 4.42. The number of halogens is 1. The van der Waals surface area contributed by atoms with Gasteiger partial charge in [0.15, 0.2) is 0 Å². The first-order valence-electron chi connectivity index (χ1n) is 7.31. The smallest absolute Gasteiger partial charge is 0.282 e. The van der Waals surface area contributed by atoms with Crippen LogP contribution in [-0.2, 0) is 10.2 Å². The van der Waals surface area contributed by atoms with Crippen LogP contribution < -0.4 is 5.73 Å². The van der Waals surface area contributed by atoms with E-state index in [0.29, 0.717) is 38.0 Å². The number of hydrogen-bond acceptors (Lipinski definition) is 3. The zero-order chi connectivity index (χ0) is 14.2. The van der Waals surface area contributed by atoms with Gasteiger partial charge in [-0.2, -0.15) is 17.0 Å². The molecule has 0 radical (unpaired) electrons. The van der Waals surface area contributed by atoms with E-state index in [0.717, 1.165) is 12.8 Å². The van der Waals surface area contributed by atoms with Gasteiger partial charge in [0.2, 0.25) is 0 Å². The van der Waals surface area contributed by atoms with Crippen molar-refractivity contribution >= 4 is 22.6 Å². The molecule has 2 aliphatic heterocycles. The molecule has 2 fully saturated rings. The Balaban J connectivity index is 0.00000200. The highest BCUT2D eigenvalue weighted by molar-refractivity contribution is 7.86. The van der Waals surface area contributed by atoms with E-state index in [1.54, 1.807) is 8.61 Å². The highest BCUT2D eigenvalue weighted by Gasteiger charge is 2.37. The number of nitrogens with zero attached hydrogens (tertiary/aromatic N) is 2. The molecule has 2 saturated heterocycles. The van der Waals surface area contributed by atoms with E-state index in [2.05, 4.69) is 13.8 Å². The molecule has 20 heavy (non-hydrogen) atoms. The van der Waals surface area contributed by atoms with Crippen LogP contribution in [0.1, 0.15) is 33.6 Å². The number of nitrogens with two attached hydrogens (primary N) is 1. The minimum atomic E-state index is -3.30. The summed E-state index contributed by atoms with van der Waals surface area (Å²) in [6.45, 7) is 8.73. The summed E-state index contributed by atoms with van der Waals surface area (Å²) in [5.41, 5.74) is 5.97. The summed E-state index contributed by atoms with van der Waals surface area (Å²) < 4.78 is 28.7. The molecule has 7 heteroatoms. The highest BCUT2D eigenvalue weighted by atomic mass is 35.5. The van der Waals surface area contributed by atoms with Crippen molar-refractivity contribution in [1.29, 1.82) is 0 Å². The lowest BCUT2D eigenvalue weighted by atomic mass is 9.94. The zero-order valence-electron chi connectivity index (χ0n) is 12.7. The molecule has 4 unspecified atom stereocenters. The first kappa shape index (κ1) is 18.2. The van der Waals surface area contributed by atoms with Crippen LogP contribution in [0.15, 0.2) is 0 Å². The standard InChI is InChI=1S/C13H27N3O2S.ClH/c1-10-6-11(2)8-16(7-10)19(17,18)15-5-4-13(14)12(3)9-15;/h10-13H,4-9,14H2,1-3H3;1H. The normalized spacial score (nSPS) is 37.4. The van der Waals surface area contributed by atoms with E-state index in [1.807, 2.05) is 6.92 Å². The van der Waals surface area contributed by atoms with Crippen LogP contribution in [0.4, 0.5) is 0 Å². The van der Waals surface area contributed by atoms with Gasteiger partial charge in [-0.3, -0.25) is 0 Å². The maximum absolute atomic E-state index is 12.7. The Morgan fingerprint density at radius 3 is 2.05 bits per heavy atom. The van der Waals surface area contributed by atoms with Gasteiger partial charge in [0.25, 0.3) is 10.2 Å². The molecule has 0 aromatic rings. The molecule has 2 aliphatic rings. The largest absolute Gasteiger partial charge is 0.327 e. The molecule has 0 aliphatic carbocycles. The minimum absolute atomic E-state index is 0. The maximum atomic E-state index is 12.7. The Labute approximate surface area is 129 Å². The molecule has 0 bridgehead atoms. The molecule has 0 aromatic heterocycles. The second kappa shape index (κ2) is 6.92. The number of hydrogen-bond donors (Lipinski definition) is 1. The molecule has 4 atom stereocenters. The van der Waals surface area contributed by atoms with E-state index >= 15 is 0 Å². The predicted octanol–water partition coefficient (Wildman–Crippen LogP) is 1.30. The Kier molecular flexibility index (Phi) is 6.29. The van der Waals surface area contributed by atoms with Crippen molar-refractivity contribution in [2.45, 2.75) is 39.7 Å². The zero-order valence-corrected chi connectivity index (χ0v) is 14.3. The van der Waals surface area contributed by atoms with Crippen LogP contribution in [0.2, 0.25) is 0 Å². The van der Waals surface area contributed by atoms with Gasteiger partial charge in [-0.1, -0.05) is 20.8 Å². The van der Waals surface area contributed by atoms with Crippen molar-refractivity contribution in [3.63, 3.8) is 0 Å². The fourth-order valence-corrected chi connectivity index (χ4v) is 5.26. The number of rotatable bonds is 2. The van der Waals surface area contributed by atoms with E-state index in [4.69, 9.17) is 5.73 Å². The fraction of sp³-hybridized carbons (Fsp3) is 1.00. The van der Waals surface area contributed by atoms with Crippen LogP contribution in [0, 0.1) is 17.8 Å². The Hall–Kier alpha value is 0.120. The van der Waals surface area contributed by atoms with E-state index < -0.39 is 10.2 Å². The van der Waals surface area contributed by atoms with Crippen molar-refractivity contribution in [1.82, 2.24) is 8.61 Å². The predicted molar refractivity (Wildman–Crippen MR) is 84.0 cm³/mol. The third kappa shape index (κ3) is 3.85. The maximum Gasteiger partial charge on any atom is 0.282 e. The van der Waals surface area contributed by atoms with Crippen LogP contribution in [0.3, 0.4) is 0 Å². The summed E-state index contributed by atoms with van der Waals surface area (Å²) in [7, 11) is -3.30. The second-order valence-corrected chi connectivity index (χ2v) is 8.49. The van der Waals surface area contributed by atoms with E-state index in [-0.39, 0.29) is 24.4 Å². The van der Waals surface area contributed by atoms with Gasteiger partial charge >= 0.3 is 0 Å². The lowest BCUT2D eigenvalue weighted by molar-refractivity contribution is 0.190. The van der Waals surface area contributed by atoms with Crippen molar-refractivity contribution in [3.8, 4) is 0 Å². The molecule has 0 spiro atoms. The molecule has 0 amide bonds. The fourth-order valence-electron chi connectivity index (χ4n) is 3.29. The van der Waals surface area contributed by atoms with Crippen molar-refractivity contribution < 1.29 is 8.42 Å². The summed E-state index contributed by atoms with van der Waals surface area (Å²) in [6, 6.07) is 0.130. The lowest BCUT2D eigenvalue weighted by Crippen LogP contribution is -2.54. The SMILES string of the molecule is CC1CC(C)CN(S(=O)(=O)N2CCC(N)C(C)C2)C1.Cl. The van der Waals surface area contributed by atoms with E-state index in [1.165, 1.54) is 0 Å². The molecule has 0 saturated carbocycles. The van der Waals surface area contributed by atoms with Crippen LogP contribution in [0.25, 0.3) is 0 Å². The first-order valence-corrected chi connectivity index (χ1v) is 8.71. The molecule has 2 rings (SSSR count). The van der Waals surface area contributed by atoms with Gasteiger partial charge in [0.1, 0.15) is 0 Å². The summed E-state index contributed by atoms with van der Waals surface area (Å²) in [5.74, 6) is 1.13. The van der Waals surface area contributed by atoms with Crippen LogP contribution in [0.5, 0.6) is 0 Å². The van der Waals surface area contributed by atoms with Gasteiger partial charge in [-0.05, 0) is 30.6 Å². The molecular weight excluding hydrogens is 298 g/mol. The van der Waals surface area contributed by atoms with Crippen molar-refractivity contribution in [2.75, 3.05) is 26.2 Å². The average Bonchev–Trinajstić information content (AvgIpc) is 2.31. The summed E-state index contributed by atoms with van der Waals surface area (Å²) in [6.07, 6.45) is 1.88. The van der Waals surface area contributed by atoms with Gasteiger partial charge in [0, 0.05) is 32.2 Å². The van der Waals surface area contributed by atoms with Gasteiger partial charge in [-0.15, -0.1) is 12.4 Å². The van der Waals surface area contributed by atoms with Gasteiger partial charge in [-0.25, -0.2) is 0 Å². The Bertz CT molecular complexity index is 408. The minimum Gasteiger partial charge on any atom is -0.327 e. The highest BCUT2D eigenvalue weighted by Crippen LogP contribution is 2.27. The summed E-state index contributed by atoms with van der Waals surface area (Å²) in [5, 5.41) is 0. The molecular formula is C13H28ClN3O2S. The van der Waals surface area contributed by atoms with E-state index in [9.17, 15) is 8.42 Å². The molecule has 0 aromatic carbocycles. The van der Waals surface area contributed by atoms with Crippen molar-refractivity contribution in [3.05, 3.63) is 0 Å². The average molecular weight is 326 g/mol. The quantitative estimate of drug-likeness (QED) is 0.832.